The lowest BCUT2D eigenvalue weighted by Gasteiger charge is -2.23. The number of nitrogens with one attached hydrogen (secondary N) is 1. The maximum Gasteiger partial charge on any atom is 0.229 e. The van der Waals surface area contributed by atoms with Crippen molar-refractivity contribution < 1.29 is 9.53 Å². The second kappa shape index (κ2) is 7.77. The molecule has 1 N–H and O–H groups in total. The van der Waals surface area contributed by atoms with Gasteiger partial charge in [0.2, 0.25) is 5.91 Å². The van der Waals surface area contributed by atoms with Crippen LogP contribution in [0, 0.1) is 11.3 Å². The van der Waals surface area contributed by atoms with E-state index in [1.165, 1.54) is 4.90 Å². The molecule has 1 fully saturated rings. The van der Waals surface area contributed by atoms with Gasteiger partial charge >= 0.3 is 0 Å². The highest BCUT2D eigenvalue weighted by Crippen LogP contribution is 2.19. The Kier molecular flexibility index (Phi) is 5.73. The van der Waals surface area contributed by atoms with E-state index in [4.69, 9.17) is 10.00 Å². The van der Waals surface area contributed by atoms with E-state index in [2.05, 4.69) is 11.4 Å². The quantitative estimate of drug-likeness (QED) is 0.895. The standard InChI is InChI=1S/C16H21N3O2/c1-19(15-5-3-2-4-13(15)12-17)16(20)8-11-21-14-6-9-18-10-7-14/h2-5,14,18H,6-11H2,1H3. The highest BCUT2D eigenvalue weighted by Gasteiger charge is 2.16. The Labute approximate surface area is 125 Å². The van der Waals surface area contributed by atoms with Gasteiger partial charge in [-0.25, -0.2) is 0 Å². The Bertz CT molecular complexity index is 518. The van der Waals surface area contributed by atoms with E-state index in [1.54, 1.807) is 25.2 Å². The zero-order chi connectivity index (χ0) is 15.1. The topological polar surface area (TPSA) is 65.4 Å². The summed E-state index contributed by atoms with van der Waals surface area (Å²) in [4.78, 5) is 13.7. The minimum Gasteiger partial charge on any atom is -0.378 e. The van der Waals surface area contributed by atoms with E-state index in [0.29, 0.717) is 24.3 Å². The average molecular weight is 287 g/mol. The summed E-state index contributed by atoms with van der Waals surface area (Å²) in [6, 6.07) is 9.22. The molecule has 0 bridgehead atoms. The second-order valence-electron chi connectivity index (χ2n) is 5.15. The number of anilines is 1. The first-order valence-electron chi connectivity index (χ1n) is 7.30. The third-order valence-corrected chi connectivity index (χ3v) is 3.72. The van der Waals surface area contributed by atoms with Crippen LogP contribution < -0.4 is 10.2 Å². The molecule has 2 rings (SSSR count). The molecular weight excluding hydrogens is 266 g/mol. The predicted molar refractivity (Wildman–Crippen MR) is 81.0 cm³/mol. The van der Waals surface area contributed by atoms with Gasteiger partial charge in [-0.1, -0.05) is 12.1 Å². The van der Waals surface area contributed by atoms with Crippen molar-refractivity contribution in [2.75, 3.05) is 31.6 Å². The number of rotatable bonds is 5. The minimum absolute atomic E-state index is 0.0355. The van der Waals surface area contributed by atoms with Gasteiger partial charge in [0.05, 0.1) is 30.4 Å². The fourth-order valence-electron chi connectivity index (χ4n) is 2.44. The number of hydrogen-bond acceptors (Lipinski definition) is 4. The summed E-state index contributed by atoms with van der Waals surface area (Å²) >= 11 is 0. The van der Waals surface area contributed by atoms with Gasteiger partial charge in [0.1, 0.15) is 6.07 Å². The Morgan fingerprint density at radius 3 is 2.86 bits per heavy atom. The SMILES string of the molecule is CN(C(=O)CCOC1CCNCC1)c1ccccc1C#N. The van der Waals surface area contributed by atoms with Crippen molar-refractivity contribution in [3.8, 4) is 6.07 Å². The van der Waals surface area contributed by atoms with Crippen molar-refractivity contribution in [2.24, 2.45) is 0 Å². The van der Waals surface area contributed by atoms with Crippen LogP contribution in [0.4, 0.5) is 5.69 Å². The zero-order valence-corrected chi connectivity index (χ0v) is 12.3. The highest BCUT2D eigenvalue weighted by atomic mass is 16.5. The number of nitriles is 1. The van der Waals surface area contributed by atoms with Gasteiger partial charge in [0.15, 0.2) is 0 Å². The molecular formula is C16H21N3O2. The molecule has 1 heterocycles. The Hall–Kier alpha value is -1.90. The monoisotopic (exact) mass is 287 g/mol. The van der Waals surface area contributed by atoms with Crippen molar-refractivity contribution in [2.45, 2.75) is 25.4 Å². The summed E-state index contributed by atoms with van der Waals surface area (Å²) in [7, 11) is 1.70. The van der Waals surface area contributed by atoms with Crippen molar-refractivity contribution in [1.82, 2.24) is 5.32 Å². The summed E-state index contributed by atoms with van der Waals surface area (Å²) in [6.45, 7) is 2.39. The summed E-state index contributed by atoms with van der Waals surface area (Å²) in [5.74, 6) is -0.0355. The first kappa shape index (κ1) is 15.5. The van der Waals surface area contributed by atoms with Crippen molar-refractivity contribution in [1.29, 1.82) is 5.26 Å². The summed E-state index contributed by atoms with van der Waals surface area (Å²) in [5, 5.41) is 12.4. The molecule has 1 saturated heterocycles. The molecule has 0 radical (unpaired) electrons. The molecule has 1 amide bonds. The van der Waals surface area contributed by atoms with Crippen LogP contribution in [0.25, 0.3) is 0 Å². The first-order chi connectivity index (χ1) is 10.2. The zero-order valence-electron chi connectivity index (χ0n) is 12.3. The second-order valence-corrected chi connectivity index (χ2v) is 5.15. The van der Waals surface area contributed by atoms with Gasteiger partial charge < -0.3 is 15.0 Å². The Morgan fingerprint density at radius 2 is 2.14 bits per heavy atom. The van der Waals surface area contributed by atoms with Gasteiger partial charge in [-0.05, 0) is 38.1 Å². The van der Waals surface area contributed by atoms with Crippen LogP contribution in [-0.2, 0) is 9.53 Å². The lowest BCUT2D eigenvalue weighted by Crippen LogP contribution is -2.33. The first-order valence-corrected chi connectivity index (χ1v) is 7.30. The predicted octanol–water partition coefficient (Wildman–Crippen LogP) is 1.68. The molecule has 0 aliphatic carbocycles. The van der Waals surface area contributed by atoms with E-state index >= 15 is 0 Å². The van der Waals surface area contributed by atoms with Crippen LogP contribution in [-0.4, -0.2) is 38.8 Å². The average Bonchev–Trinajstić information content (AvgIpc) is 2.55. The van der Waals surface area contributed by atoms with Crippen LogP contribution >= 0.6 is 0 Å². The number of ether oxygens (including phenoxy) is 1. The van der Waals surface area contributed by atoms with Gasteiger partial charge in [0, 0.05) is 7.05 Å². The summed E-state index contributed by atoms with van der Waals surface area (Å²) < 4.78 is 5.74. The van der Waals surface area contributed by atoms with Crippen molar-refractivity contribution >= 4 is 11.6 Å². The smallest absolute Gasteiger partial charge is 0.229 e. The maximum atomic E-state index is 12.2. The fraction of sp³-hybridized carbons (Fsp3) is 0.500. The third-order valence-electron chi connectivity index (χ3n) is 3.72. The highest BCUT2D eigenvalue weighted by molar-refractivity contribution is 5.94. The number of hydrogen-bond donors (Lipinski definition) is 1. The summed E-state index contributed by atoms with van der Waals surface area (Å²) in [5.41, 5.74) is 1.15. The van der Waals surface area contributed by atoms with Crippen LogP contribution in [0.15, 0.2) is 24.3 Å². The van der Waals surface area contributed by atoms with Crippen LogP contribution in [0.5, 0.6) is 0 Å². The number of carbonyl (C=O) groups is 1. The third kappa shape index (κ3) is 4.28. The van der Waals surface area contributed by atoms with Gasteiger partial charge in [0.25, 0.3) is 0 Å². The van der Waals surface area contributed by atoms with Crippen LogP contribution in [0.1, 0.15) is 24.8 Å². The number of para-hydroxylation sites is 1. The molecule has 0 saturated carbocycles. The Balaban J connectivity index is 1.83. The molecule has 1 aliphatic heterocycles. The molecule has 0 atom stereocenters. The van der Waals surface area contributed by atoms with Crippen molar-refractivity contribution in [3.05, 3.63) is 29.8 Å². The lowest BCUT2D eigenvalue weighted by molar-refractivity contribution is -0.120. The Morgan fingerprint density at radius 1 is 1.43 bits per heavy atom. The molecule has 0 spiro atoms. The molecule has 1 aromatic rings. The molecule has 5 nitrogen and oxygen atoms in total. The van der Waals surface area contributed by atoms with Gasteiger partial charge in [-0.3, -0.25) is 4.79 Å². The van der Waals surface area contributed by atoms with Crippen LogP contribution in [0.2, 0.25) is 0 Å². The van der Waals surface area contributed by atoms with Crippen molar-refractivity contribution in [3.63, 3.8) is 0 Å². The maximum absolute atomic E-state index is 12.2. The van der Waals surface area contributed by atoms with Gasteiger partial charge in [-0.15, -0.1) is 0 Å². The largest absolute Gasteiger partial charge is 0.378 e. The number of amides is 1. The van der Waals surface area contributed by atoms with E-state index in [0.717, 1.165) is 25.9 Å². The molecule has 1 aliphatic rings. The number of piperidine rings is 1. The molecule has 112 valence electrons. The summed E-state index contributed by atoms with van der Waals surface area (Å²) in [6.07, 6.45) is 2.60. The number of carbonyl (C=O) groups excluding carboxylic acids is 1. The molecule has 21 heavy (non-hydrogen) atoms. The fourth-order valence-corrected chi connectivity index (χ4v) is 2.44. The molecule has 5 heteroatoms. The van der Waals surface area contributed by atoms with E-state index in [-0.39, 0.29) is 12.0 Å². The lowest BCUT2D eigenvalue weighted by atomic mass is 10.1. The van der Waals surface area contributed by atoms with E-state index in [9.17, 15) is 4.79 Å². The molecule has 1 aromatic carbocycles. The number of benzene rings is 1. The molecule has 0 aromatic heterocycles. The van der Waals surface area contributed by atoms with Gasteiger partial charge in [-0.2, -0.15) is 5.26 Å². The van der Waals surface area contributed by atoms with E-state index < -0.39 is 0 Å². The van der Waals surface area contributed by atoms with Crippen LogP contribution in [0.3, 0.4) is 0 Å². The molecule has 0 unspecified atom stereocenters. The van der Waals surface area contributed by atoms with E-state index in [1.807, 2.05) is 6.07 Å². The number of nitrogens with zero attached hydrogens (tertiary/aromatic N) is 2. The minimum atomic E-state index is -0.0355. The normalized spacial score (nSPS) is 15.4.